The predicted octanol–water partition coefficient (Wildman–Crippen LogP) is 6.43. The quantitative estimate of drug-likeness (QED) is 0.306. The minimum atomic E-state index is 0.203. The molecule has 0 radical (unpaired) electrons. The number of nitrogens with zero attached hydrogens (tertiary/aromatic N) is 1. The first-order valence-corrected chi connectivity index (χ1v) is 9.94. The van der Waals surface area contributed by atoms with E-state index in [4.69, 9.17) is 0 Å². The van der Waals surface area contributed by atoms with Gasteiger partial charge < -0.3 is 4.57 Å². The fourth-order valence-electron chi connectivity index (χ4n) is 3.59. The third kappa shape index (κ3) is 4.63. The van der Waals surface area contributed by atoms with Crippen LogP contribution in [0, 0.1) is 0 Å². The molecule has 3 rings (SSSR count). The molecule has 0 atom stereocenters. The number of unbranched alkanes of at least 4 members (excludes halogenated alkanes) is 5. The molecule has 26 heavy (non-hydrogen) atoms. The second-order valence-electron chi connectivity index (χ2n) is 7.11. The lowest BCUT2D eigenvalue weighted by Gasteiger charge is -2.05. The average molecular weight is 348 g/mol. The molecule has 0 aliphatic rings. The molecule has 2 heteroatoms. The van der Waals surface area contributed by atoms with Crippen LogP contribution in [0.3, 0.4) is 0 Å². The zero-order chi connectivity index (χ0) is 18.2. The molecule has 0 saturated carbocycles. The van der Waals surface area contributed by atoms with Gasteiger partial charge in [0.15, 0.2) is 5.78 Å². The van der Waals surface area contributed by atoms with E-state index in [9.17, 15) is 4.79 Å². The van der Waals surface area contributed by atoms with Crippen LogP contribution in [0.5, 0.6) is 0 Å². The highest BCUT2D eigenvalue weighted by molar-refractivity contribution is 6.08. The smallest absolute Gasteiger partial charge is 0.169 e. The minimum absolute atomic E-state index is 0.203. The van der Waals surface area contributed by atoms with Gasteiger partial charge in [-0.3, -0.25) is 4.79 Å². The van der Waals surface area contributed by atoms with E-state index < -0.39 is 0 Å². The number of para-hydroxylation sites is 1. The summed E-state index contributed by atoms with van der Waals surface area (Å²) in [5.74, 6) is 0.203. The maximum absolute atomic E-state index is 12.9. The molecule has 0 bridgehead atoms. The summed E-state index contributed by atoms with van der Waals surface area (Å²) in [6, 6.07) is 18.3. The van der Waals surface area contributed by atoms with Gasteiger partial charge in [0.25, 0.3) is 0 Å². The van der Waals surface area contributed by atoms with Crippen molar-refractivity contribution < 1.29 is 4.79 Å². The molecular formula is C24H29NO. The van der Waals surface area contributed by atoms with Crippen molar-refractivity contribution in [2.45, 2.75) is 58.4 Å². The summed E-state index contributed by atoms with van der Waals surface area (Å²) in [6.45, 7) is 3.24. The molecule has 1 aromatic heterocycles. The van der Waals surface area contributed by atoms with Crippen LogP contribution in [-0.4, -0.2) is 10.4 Å². The van der Waals surface area contributed by atoms with Crippen LogP contribution >= 0.6 is 0 Å². The van der Waals surface area contributed by atoms with E-state index in [0.29, 0.717) is 6.42 Å². The van der Waals surface area contributed by atoms with Crippen LogP contribution in [0.1, 0.15) is 61.4 Å². The van der Waals surface area contributed by atoms with Crippen molar-refractivity contribution in [2.24, 2.45) is 0 Å². The summed E-state index contributed by atoms with van der Waals surface area (Å²) in [5.41, 5.74) is 3.11. The summed E-state index contributed by atoms with van der Waals surface area (Å²) in [4.78, 5) is 12.9. The fourth-order valence-corrected chi connectivity index (χ4v) is 3.59. The van der Waals surface area contributed by atoms with Gasteiger partial charge in [-0.2, -0.15) is 0 Å². The van der Waals surface area contributed by atoms with Crippen molar-refractivity contribution in [3.63, 3.8) is 0 Å². The number of ketones is 1. The van der Waals surface area contributed by atoms with E-state index in [0.717, 1.165) is 23.1 Å². The van der Waals surface area contributed by atoms with Crippen LogP contribution in [-0.2, 0) is 13.0 Å². The Kier molecular flexibility index (Phi) is 6.65. The maximum atomic E-state index is 12.9. The highest BCUT2D eigenvalue weighted by atomic mass is 16.1. The molecule has 3 aromatic rings. The van der Waals surface area contributed by atoms with Crippen molar-refractivity contribution in [1.29, 1.82) is 0 Å². The van der Waals surface area contributed by atoms with E-state index in [1.807, 2.05) is 36.4 Å². The number of carbonyl (C=O) groups is 1. The second kappa shape index (κ2) is 9.38. The predicted molar refractivity (Wildman–Crippen MR) is 110 cm³/mol. The number of benzene rings is 2. The number of rotatable bonds is 10. The van der Waals surface area contributed by atoms with Crippen LogP contribution in [0.25, 0.3) is 10.9 Å². The van der Waals surface area contributed by atoms with Crippen molar-refractivity contribution in [1.82, 2.24) is 4.57 Å². The standard InChI is InChI=1S/C24H29NO/c1-2-3-4-5-6-12-17-25-19-22(21-15-10-11-16-23(21)25)24(26)18-20-13-8-7-9-14-20/h7-11,13-16,19H,2-6,12,17-18H2,1H3. The van der Waals surface area contributed by atoms with E-state index in [2.05, 4.69) is 35.9 Å². The molecule has 2 nitrogen and oxygen atoms in total. The summed E-state index contributed by atoms with van der Waals surface area (Å²) in [5, 5.41) is 1.08. The van der Waals surface area contributed by atoms with E-state index >= 15 is 0 Å². The summed E-state index contributed by atoms with van der Waals surface area (Å²) in [7, 11) is 0. The van der Waals surface area contributed by atoms with Gasteiger partial charge in [-0.05, 0) is 18.1 Å². The normalized spacial score (nSPS) is 11.1. The highest BCUT2D eigenvalue weighted by Crippen LogP contribution is 2.23. The fraction of sp³-hybridized carbons (Fsp3) is 0.375. The van der Waals surface area contributed by atoms with Gasteiger partial charge in [-0.25, -0.2) is 0 Å². The Bertz CT molecular complexity index is 832. The van der Waals surface area contributed by atoms with Gasteiger partial charge in [-0.15, -0.1) is 0 Å². The van der Waals surface area contributed by atoms with Crippen LogP contribution in [0.15, 0.2) is 60.8 Å². The summed E-state index contributed by atoms with van der Waals surface area (Å²) < 4.78 is 2.27. The lowest BCUT2D eigenvalue weighted by molar-refractivity contribution is 0.0994. The van der Waals surface area contributed by atoms with Crippen LogP contribution in [0.2, 0.25) is 0 Å². The number of aromatic nitrogens is 1. The lowest BCUT2D eigenvalue weighted by atomic mass is 10.0. The Morgan fingerprint density at radius 2 is 1.54 bits per heavy atom. The van der Waals surface area contributed by atoms with Crippen molar-refractivity contribution in [2.75, 3.05) is 0 Å². The topological polar surface area (TPSA) is 22.0 Å². The maximum Gasteiger partial charge on any atom is 0.169 e. The molecule has 0 spiro atoms. The zero-order valence-corrected chi connectivity index (χ0v) is 15.8. The van der Waals surface area contributed by atoms with Gasteiger partial charge in [0.2, 0.25) is 0 Å². The van der Waals surface area contributed by atoms with E-state index in [-0.39, 0.29) is 5.78 Å². The Balaban J connectivity index is 1.71. The number of fused-ring (bicyclic) bond motifs is 1. The van der Waals surface area contributed by atoms with Gasteiger partial charge in [0.05, 0.1) is 0 Å². The largest absolute Gasteiger partial charge is 0.347 e. The van der Waals surface area contributed by atoms with Crippen LogP contribution < -0.4 is 0 Å². The molecular weight excluding hydrogens is 318 g/mol. The molecule has 0 saturated heterocycles. The first kappa shape index (κ1) is 18.4. The summed E-state index contributed by atoms with van der Waals surface area (Å²) in [6.07, 6.45) is 10.2. The van der Waals surface area contributed by atoms with Crippen molar-refractivity contribution in [3.8, 4) is 0 Å². The Labute approximate surface area is 156 Å². The number of hydrogen-bond acceptors (Lipinski definition) is 1. The SMILES string of the molecule is CCCCCCCCn1cc(C(=O)Cc2ccccc2)c2ccccc21. The number of Topliss-reactive ketones (excluding diaryl/α,β-unsaturated/α-hetero) is 1. The van der Waals surface area contributed by atoms with Crippen LogP contribution in [0.4, 0.5) is 0 Å². The molecule has 0 N–H and O–H groups in total. The van der Waals surface area contributed by atoms with E-state index in [1.54, 1.807) is 0 Å². The number of aryl methyl sites for hydroxylation is 1. The lowest BCUT2D eigenvalue weighted by Crippen LogP contribution is -2.03. The molecule has 1 heterocycles. The first-order chi connectivity index (χ1) is 12.8. The molecule has 2 aromatic carbocycles. The Morgan fingerprint density at radius 1 is 0.846 bits per heavy atom. The Hall–Kier alpha value is -2.35. The first-order valence-electron chi connectivity index (χ1n) is 9.94. The average Bonchev–Trinajstić information content (AvgIpc) is 3.04. The molecule has 0 aliphatic carbocycles. The van der Waals surface area contributed by atoms with Crippen molar-refractivity contribution >= 4 is 16.7 Å². The second-order valence-corrected chi connectivity index (χ2v) is 7.11. The minimum Gasteiger partial charge on any atom is -0.347 e. The monoisotopic (exact) mass is 347 g/mol. The molecule has 0 unspecified atom stereocenters. The van der Waals surface area contributed by atoms with Gasteiger partial charge in [0, 0.05) is 35.6 Å². The van der Waals surface area contributed by atoms with Gasteiger partial charge >= 0.3 is 0 Å². The van der Waals surface area contributed by atoms with Gasteiger partial charge in [-0.1, -0.05) is 87.6 Å². The van der Waals surface area contributed by atoms with Crippen molar-refractivity contribution in [3.05, 3.63) is 71.9 Å². The zero-order valence-electron chi connectivity index (χ0n) is 15.8. The molecule has 0 amide bonds. The van der Waals surface area contributed by atoms with E-state index in [1.165, 1.54) is 44.0 Å². The Morgan fingerprint density at radius 3 is 2.35 bits per heavy atom. The number of carbonyl (C=O) groups excluding carboxylic acids is 1. The third-order valence-electron chi connectivity index (χ3n) is 5.05. The molecule has 0 aliphatic heterocycles. The highest BCUT2D eigenvalue weighted by Gasteiger charge is 2.15. The third-order valence-corrected chi connectivity index (χ3v) is 5.05. The van der Waals surface area contributed by atoms with Gasteiger partial charge in [0.1, 0.15) is 0 Å². The molecule has 0 fully saturated rings. The molecule has 136 valence electrons. The summed E-state index contributed by atoms with van der Waals surface area (Å²) >= 11 is 0. The number of hydrogen-bond donors (Lipinski definition) is 0.